The highest BCUT2D eigenvalue weighted by Gasteiger charge is 2.16. The third-order valence-corrected chi connectivity index (χ3v) is 3.77. The van der Waals surface area contributed by atoms with Crippen molar-refractivity contribution >= 4 is 27.2 Å². The Morgan fingerprint density at radius 2 is 1.70 bits per heavy atom. The van der Waals surface area contributed by atoms with Gasteiger partial charge in [-0.15, -0.1) is 0 Å². The van der Waals surface area contributed by atoms with Crippen LogP contribution in [0.2, 0.25) is 0 Å². The third-order valence-electron chi connectivity index (χ3n) is 3.77. The van der Waals surface area contributed by atoms with E-state index in [1.165, 1.54) is 0 Å². The highest BCUT2D eigenvalue weighted by Crippen LogP contribution is 2.29. The Kier molecular flexibility index (Phi) is 2.46. The molecule has 0 aliphatic heterocycles. The monoisotopic (exact) mass is 258 g/mol. The molecule has 20 heavy (non-hydrogen) atoms. The molecular weight excluding hydrogens is 248 g/mol. The molecule has 3 rings (SSSR count). The summed E-state index contributed by atoms with van der Waals surface area (Å²) < 4.78 is 0. The van der Waals surface area contributed by atoms with Crippen molar-refractivity contribution in [1.82, 2.24) is 0 Å². The first-order chi connectivity index (χ1) is 9.60. The molecule has 0 bridgehead atoms. The first-order valence-electron chi connectivity index (χ1n) is 6.20. The van der Waals surface area contributed by atoms with Crippen molar-refractivity contribution in [3.05, 3.63) is 62.3 Å². The largest absolute Gasteiger partial charge is 0.290 e. The Morgan fingerprint density at radius 1 is 1.10 bits per heavy atom. The number of hydrogen-bond donors (Lipinski definition) is 0. The van der Waals surface area contributed by atoms with Crippen LogP contribution in [0.1, 0.15) is 11.1 Å². The van der Waals surface area contributed by atoms with Gasteiger partial charge in [-0.1, -0.05) is 24.3 Å². The molecular formula is C17H10N2O. The minimum atomic E-state index is -0.219. The molecule has 0 N–H and O–H groups in total. The smallest absolute Gasteiger partial charge is 0.273 e. The average Bonchev–Trinajstić information content (AvgIpc) is 2.72. The van der Waals surface area contributed by atoms with Gasteiger partial charge in [-0.25, -0.2) is 10.1 Å². The predicted molar refractivity (Wildman–Crippen MR) is 79.2 cm³/mol. The van der Waals surface area contributed by atoms with Gasteiger partial charge in [0.2, 0.25) is 0 Å². The molecule has 3 aromatic carbocycles. The highest BCUT2D eigenvalue weighted by atomic mass is 16.1. The van der Waals surface area contributed by atoms with Crippen molar-refractivity contribution in [2.24, 2.45) is 0 Å². The fourth-order valence-electron chi connectivity index (χ4n) is 2.90. The van der Waals surface area contributed by atoms with Crippen LogP contribution in [0, 0.1) is 31.8 Å². The fourth-order valence-corrected chi connectivity index (χ4v) is 2.90. The second-order valence-corrected chi connectivity index (χ2v) is 4.89. The molecule has 0 saturated heterocycles. The molecule has 0 aromatic heterocycles. The quantitative estimate of drug-likeness (QED) is 0.582. The van der Waals surface area contributed by atoms with E-state index in [1.54, 1.807) is 6.07 Å². The average molecular weight is 258 g/mol. The molecule has 3 aromatic rings. The van der Waals surface area contributed by atoms with Crippen LogP contribution in [0.5, 0.6) is 0 Å². The number of aryl methyl sites for hydroxylation is 2. The molecule has 0 radical (unpaired) electrons. The van der Waals surface area contributed by atoms with E-state index >= 15 is 0 Å². The highest BCUT2D eigenvalue weighted by molar-refractivity contribution is 6.14. The van der Waals surface area contributed by atoms with Gasteiger partial charge in [0, 0.05) is 16.0 Å². The van der Waals surface area contributed by atoms with Crippen LogP contribution in [0.15, 0.2) is 29.1 Å². The van der Waals surface area contributed by atoms with Crippen LogP contribution >= 0.6 is 0 Å². The van der Waals surface area contributed by atoms with Crippen LogP contribution in [0.4, 0.5) is 0 Å². The fraction of sp³-hybridized carbons (Fsp3) is 0.118. The Morgan fingerprint density at radius 3 is 2.25 bits per heavy atom. The molecule has 0 unspecified atom stereocenters. The lowest BCUT2D eigenvalue weighted by atomic mass is 9.98. The molecule has 0 saturated carbocycles. The Labute approximate surface area is 115 Å². The third kappa shape index (κ3) is 1.35. The van der Waals surface area contributed by atoms with Gasteiger partial charge < -0.3 is 0 Å². The second kappa shape index (κ2) is 4.05. The minimum Gasteiger partial charge on any atom is -0.290 e. The minimum absolute atomic E-state index is 0.131. The first-order valence-corrected chi connectivity index (χ1v) is 6.20. The van der Waals surface area contributed by atoms with Crippen LogP contribution in [-0.4, -0.2) is 0 Å². The Hall–Kier alpha value is -2.91. The zero-order valence-electron chi connectivity index (χ0n) is 11.1. The molecule has 0 amide bonds. The first kappa shape index (κ1) is 12.1. The van der Waals surface area contributed by atoms with Gasteiger partial charge in [-0.2, -0.15) is 0 Å². The summed E-state index contributed by atoms with van der Waals surface area (Å²) in [6.07, 6.45) is 0. The molecule has 0 heterocycles. The van der Waals surface area contributed by atoms with E-state index in [-0.39, 0.29) is 16.3 Å². The van der Waals surface area contributed by atoms with Crippen molar-refractivity contribution in [3.63, 3.8) is 0 Å². The summed E-state index contributed by atoms with van der Waals surface area (Å²) in [6.45, 7) is 11.1. The summed E-state index contributed by atoms with van der Waals surface area (Å²) in [5.74, 6) is 0. The maximum Gasteiger partial charge on any atom is 0.273 e. The van der Waals surface area contributed by atoms with Gasteiger partial charge in [-0.05, 0) is 35.7 Å². The van der Waals surface area contributed by atoms with Crippen molar-refractivity contribution in [2.45, 2.75) is 13.8 Å². The summed E-state index contributed by atoms with van der Waals surface area (Å²) in [5.41, 5.74) is 1.84. The van der Waals surface area contributed by atoms with Crippen molar-refractivity contribution < 1.29 is 0 Å². The molecule has 3 nitrogen and oxygen atoms in total. The van der Waals surface area contributed by atoms with Gasteiger partial charge in [0.1, 0.15) is 0 Å². The summed E-state index contributed by atoms with van der Waals surface area (Å²) >= 11 is 0. The van der Waals surface area contributed by atoms with E-state index in [1.807, 2.05) is 38.1 Å². The number of benzene rings is 2. The summed E-state index contributed by atoms with van der Waals surface area (Å²) in [4.78, 5) is 15.7. The summed E-state index contributed by atoms with van der Waals surface area (Å²) in [5, 5.41) is 12.5. The molecule has 94 valence electrons. The molecule has 0 aliphatic rings. The van der Waals surface area contributed by atoms with E-state index < -0.39 is 0 Å². The SMILES string of the molecule is [C-]#[N+]/C(C#N)=c1\c(=O)c2ccc(C)c3c(C)ccc1c32. The standard InChI is InChI=1S/C17H10N2O/c1-9-4-6-11-15-12(7-5-10(2)14(9)15)17(20)16(11)13(8-18)19-3/h4-7H,1-2H3/b16-13-. The molecule has 0 atom stereocenters. The molecule has 3 heteroatoms. The molecule has 0 aliphatic carbocycles. The van der Waals surface area contributed by atoms with Gasteiger partial charge in [-0.3, -0.25) is 4.79 Å². The number of rotatable bonds is 0. The van der Waals surface area contributed by atoms with E-state index in [0.29, 0.717) is 10.8 Å². The Balaban J connectivity index is 2.84. The lowest BCUT2D eigenvalue weighted by Crippen LogP contribution is -2.21. The second-order valence-electron chi connectivity index (χ2n) is 4.89. The zero-order chi connectivity index (χ0) is 14.4. The summed E-state index contributed by atoms with van der Waals surface area (Å²) in [6, 6.07) is 9.31. The van der Waals surface area contributed by atoms with Gasteiger partial charge >= 0.3 is 0 Å². The maximum atomic E-state index is 12.5. The van der Waals surface area contributed by atoms with Gasteiger partial charge in [0.05, 0.1) is 12.6 Å². The van der Waals surface area contributed by atoms with Crippen molar-refractivity contribution in [1.29, 1.82) is 5.26 Å². The number of nitrogens with zero attached hydrogens (tertiary/aromatic N) is 2. The molecule has 0 spiro atoms. The maximum absolute atomic E-state index is 12.5. The summed E-state index contributed by atoms with van der Waals surface area (Å²) in [7, 11) is 0. The lowest BCUT2D eigenvalue weighted by Gasteiger charge is -2.06. The normalized spacial score (nSPS) is 12.4. The van der Waals surface area contributed by atoms with Crippen LogP contribution in [0.3, 0.4) is 0 Å². The van der Waals surface area contributed by atoms with E-state index in [9.17, 15) is 4.79 Å². The predicted octanol–water partition coefficient (Wildman–Crippen LogP) is 2.68. The Bertz CT molecular complexity index is 1020. The topological polar surface area (TPSA) is 45.2 Å². The van der Waals surface area contributed by atoms with E-state index in [0.717, 1.165) is 21.9 Å². The lowest BCUT2D eigenvalue weighted by molar-refractivity contribution is 1.48. The van der Waals surface area contributed by atoms with Crippen molar-refractivity contribution in [2.75, 3.05) is 0 Å². The van der Waals surface area contributed by atoms with Crippen molar-refractivity contribution in [3.8, 4) is 6.07 Å². The van der Waals surface area contributed by atoms with E-state index in [2.05, 4.69) is 4.85 Å². The number of nitriles is 1. The van der Waals surface area contributed by atoms with Gasteiger partial charge in [0.15, 0.2) is 5.43 Å². The molecule has 0 fully saturated rings. The van der Waals surface area contributed by atoms with Crippen LogP contribution in [0.25, 0.3) is 32.1 Å². The van der Waals surface area contributed by atoms with Crippen LogP contribution < -0.4 is 10.6 Å². The van der Waals surface area contributed by atoms with E-state index in [4.69, 9.17) is 11.8 Å². The van der Waals surface area contributed by atoms with Gasteiger partial charge in [0.25, 0.3) is 5.70 Å². The van der Waals surface area contributed by atoms with Crippen LogP contribution in [-0.2, 0) is 0 Å². The number of hydrogen-bond acceptors (Lipinski definition) is 2. The zero-order valence-corrected chi connectivity index (χ0v) is 11.1.